The quantitative estimate of drug-likeness (QED) is 0.307. The number of fused-ring (bicyclic) bond motifs is 4. The first-order valence-corrected chi connectivity index (χ1v) is 13.8. The van der Waals surface area contributed by atoms with Crippen LogP contribution in [-0.4, -0.2) is 40.4 Å². The Morgan fingerprint density at radius 2 is 1.90 bits per heavy atom. The van der Waals surface area contributed by atoms with E-state index in [1.807, 2.05) is 6.07 Å². The van der Waals surface area contributed by atoms with Crippen LogP contribution < -0.4 is 10.9 Å². The Morgan fingerprint density at radius 1 is 1.02 bits per heavy atom. The van der Waals surface area contributed by atoms with Gasteiger partial charge in [0.25, 0.3) is 5.56 Å². The number of nitrogens with zero attached hydrogens (tertiary/aromatic N) is 6. The number of imidazole rings is 1. The molecular formula is C28H19Cl2FN8O2. The van der Waals surface area contributed by atoms with Crippen molar-refractivity contribution in [2.45, 2.75) is 31.2 Å². The topological polar surface area (TPSA) is 123 Å². The van der Waals surface area contributed by atoms with Crippen LogP contribution in [0.5, 0.6) is 0 Å². The minimum atomic E-state index is -0.641. The molecule has 3 aliphatic rings. The van der Waals surface area contributed by atoms with Gasteiger partial charge in [-0.05, 0) is 54.7 Å². The van der Waals surface area contributed by atoms with E-state index < -0.39 is 12.0 Å². The number of nitrogens with one attached hydrogen (secondary N) is 2. The van der Waals surface area contributed by atoms with Crippen LogP contribution in [0.2, 0.25) is 10.2 Å². The maximum atomic E-state index is 15.2. The number of hydrogen-bond donors (Lipinski definition) is 2. The summed E-state index contributed by atoms with van der Waals surface area (Å²) < 4.78 is 18.4. The number of amides is 1. The molecule has 204 valence electrons. The molecule has 3 unspecified atom stereocenters. The summed E-state index contributed by atoms with van der Waals surface area (Å²) in [7, 11) is 0. The van der Waals surface area contributed by atoms with E-state index in [0.717, 1.165) is 17.7 Å². The third-order valence-electron chi connectivity index (χ3n) is 8.03. The molecule has 1 saturated carbocycles. The zero-order valence-corrected chi connectivity index (χ0v) is 22.6. The Hall–Kier alpha value is -4.35. The van der Waals surface area contributed by atoms with Crippen LogP contribution in [0.25, 0.3) is 28.2 Å². The van der Waals surface area contributed by atoms with Gasteiger partial charge in [0.15, 0.2) is 5.15 Å². The zero-order chi connectivity index (χ0) is 28.0. The van der Waals surface area contributed by atoms with Gasteiger partial charge in [-0.2, -0.15) is 4.39 Å². The van der Waals surface area contributed by atoms with E-state index in [-0.39, 0.29) is 34.1 Å². The van der Waals surface area contributed by atoms with Gasteiger partial charge >= 0.3 is 0 Å². The lowest BCUT2D eigenvalue weighted by Crippen LogP contribution is -2.27. The Bertz CT molecular complexity index is 1980. The summed E-state index contributed by atoms with van der Waals surface area (Å²) in [6.45, 7) is 0. The molecule has 10 nitrogen and oxygen atoms in total. The van der Waals surface area contributed by atoms with Crippen LogP contribution in [-0.2, 0) is 11.2 Å². The fraction of sp³-hybridized carbons (Fsp3) is 0.214. The molecule has 0 saturated heterocycles. The van der Waals surface area contributed by atoms with Crippen LogP contribution in [0.3, 0.4) is 0 Å². The molecule has 5 heterocycles. The SMILES string of the molecule is O=C1CCc2cc(-c3[nH]c(C4C5CC5c5nc(-c6cc(Cl)ccc6-n6cc(Cl)nn6)cc(=O)n54)nc3F)ccc2N1. The summed E-state index contributed by atoms with van der Waals surface area (Å²) >= 11 is 12.3. The first kappa shape index (κ1) is 24.4. The molecule has 3 atom stereocenters. The lowest BCUT2D eigenvalue weighted by Gasteiger charge is -2.17. The predicted octanol–water partition coefficient (Wildman–Crippen LogP) is 4.92. The molecule has 1 amide bonds. The van der Waals surface area contributed by atoms with Gasteiger partial charge < -0.3 is 10.3 Å². The van der Waals surface area contributed by atoms with Crippen LogP contribution >= 0.6 is 23.2 Å². The molecule has 0 radical (unpaired) electrons. The van der Waals surface area contributed by atoms with Crippen molar-refractivity contribution in [3.05, 3.63) is 92.4 Å². The Morgan fingerprint density at radius 3 is 2.73 bits per heavy atom. The van der Waals surface area contributed by atoms with E-state index in [9.17, 15) is 9.59 Å². The van der Waals surface area contributed by atoms with E-state index in [2.05, 4.69) is 25.6 Å². The fourth-order valence-electron chi connectivity index (χ4n) is 6.08. The van der Waals surface area contributed by atoms with Gasteiger partial charge in [0, 0.05) is 40.2 Å². The van der Waals surface area contributed by atoms with Gasteiger partial charge in [-0.25, -0.2) is 14.6 Å². The highest BCUT2D eigenvalue weighted by atomic mass is 35.5. The first-order chi connectivity index (χ1) is 19.8. The highest BCUT2D eigenvalue weighted by Crippen LogP contribution is 2.60. The number of hydrogen-bond acceptors (Lipinski definition) is 6. The summed E-state index contributed by atoms with van der Waals surface area (Å²) in [4.78, 5) is 37.6. The summed E-state index contributed by atoms with van der Waals surface area (Å²) in [6, 6.07) is 11.6. The summed E-state index contributed by atoms with van der Waals surface area (Å²) in [6.07, 6.45) is 3.34. The van der Waals surface area contributed by atoms with Gasteiger partial charge in [0.2, 0.25) is 11.9 Å². The summed E-state index contributed by atoms with van der Waals surface area (Å²) in [5.74, 6) is 0.476. The van der Waals surface area contributed by atoms with Crippen molar-refractivity contribution in [1.82, 2.24) is 34.5 Å². The normalized spacial score (nSPS) is 20.4. The van der Waals surface area contributed by atoms with E-state index >= 15 is 4.39 Å². The number of aryl methyl sites for hydroxylation is 1. The monoisotopic (exact) mass is 588 g/mol. The maximum Gasteiger partial charge on any atom is 0.254 e. The van der Waals surface area contributed by atoms with Crippen LogP contribution in [0.1, 0.15) is 42.0 Å². The van der Waals surface area contributed by atoms with Gasteiger partial charge in [-0.3, -0.25) is 14.2 Å². The highest BCUT2D eigenvalue weighted by molar-refractivity contribution is 6.31. The Kier molecular flexibility index (Phi) is 5.26. The highest BCUT2D eigenvalue weighted by Gasteiger charge is 2.55. The van der Waals surface area contributed by atoms with Gasteiger partial charge in [-0.15, -0.1) is 5.10 Å². The number of aromatic nitrogens is 7. The predicted molar refractivity (Wildman–Crippen MR) is 149 cm³/mol. The number of carbonyl (C=O) groups excluding carboxylic acids is 1. The van der Waals surface area contributed by atoms with Gasteiger partial charge in [-0.1, -0.05) is 34.5 Å². The molecule has 1 fully saturated rings. The van der Waals surface area contributed by atoms with Crippen molar-refractivity contribution >= 4 is 34.8 Å². The molecule has 8 rings (SSSR count). The van der Waals surface area contributed by atoms with Crippen molar-refractivity contribution in [1.29, 1.82) is 0 Å². The molecule has 3 aromatic heterocycles. The van der Waals surface area contributed by atoms with Crippen LogP contribution in [0, 0.1) is 11.9 Å². The standard InChI is InChI=1S/C28H19Cl2FN8O2/c29-14-3-5-20(38-11-21(30)36-37-38)17(8-14)19-10-23(41)39-25(15-9-16(15)28(39)33-19)27-34-24(26(31)35-27)13-1-4-18-12(7-13)2-6-22(40)32-18/h1,3-5,7-8,10-11,15-16,25H,2,6,9H2,(H,32,40)(H,34,35). The van der Waals surface area contributed by atoms with Crippen molar-refractivity contribution in [2.75, 3.05) is 5.32 Å². The van der Waals surface area contributed by atoms with E-state index in [1.165, 1.54) is 10.7 Å². The first-order valence-electron chi connectivity index (χ1n) is 13.0. The molecule has 0 spiro atoms. The number of H-pyrrole nitrogens is 1. The number of benzene rings is 2. The van der Waals surface area contributed by atoms with Crippen molar-refractivity contribution in [3.8, 4) is 28.2 Å². The Balaban J connectivity index is 1.19. The molecule has 2 aromatic carbocycles. The molecule has 41 heavy (non-hydrogen) atoms. The second-order valence-electron chi connectivity index (χ2n) is 10.5. The van der Waals surface area contributed by atoms with Crippen LogP contribution in [0.15, 0.2) is 53.5 Å². The lowest BCUT2D eigenvalue weighted by molar-refractivity contribution is -0.116. The molecule has 1 aliphatic carbocycles. The third-order valence-corrected chi connectivity index (χ3v) is 8.44. The van der Waals surface area contributed by atoms with Crippen LogP contribution in [0.4, 0.5) is 10.1 Å². The number of anilines is 1. The molecule has 0 bridgehead atoms. The second-order valence-corrected chi connectivity index (χ2v) is 11.3. The minimum absolute atomic E-state index is 0.0317. The van der Waals surface area contributed by atoms with E-state index in [1.54, 1.807) is 41.1 Å². The maximum absolute atomic E-state index is 15.2. The van der Waals surface area contributed by atoms with Crippen molar-refractivity contribution < 1.29 is 9.18 Å². The number of carbonyl (C=O) groups is 1. The molecule has 5 aromatic rings. The van der Waals surface area contributed by atoms with E-state index in [4.69, 9.17) is 28.2 Å². The zero-order valence-electron chi connectivity index (χ0n) is 21.1. The fourth-order valence-corrected chi connectivity index (χ4v) is 6.38. The minimum Gasteiger partial charge on any atom is -0.338 e. The Labute approximate surface area is 241 Å². The third kappa shape index (κ3) is 3.91. The number of aromatic amines is 1. The summed E-state index contributed by atoms with van der Waals surface area (Å²) in [5, 5.41) is 11.4. The number of halogens is 3. The average molecular weight is 589 g/mol. The second kappa shape index (κ2) is 8.82. The van der Waals surface area contributed by atoms with Gasteiger partial charge in [0.05, 0.1) is 23.6 Å². The molecule has 13 heteroatoms. The van der Waals surface area contributed by atoms with E-state index in [0.29, 0.717) is 52.0 Å². The molecule has 2 aliphatic heterocycles. The average Bonchev–Trinajstić information content (AvgIpc) is 3.27. The molecular weight excluding hydrogens is 570 g/mol. The van der Waals surface area contributed by atoms with Crippen molar-refractivity contribution in [2.24, 2.45) is 5.92 Å². The summed E-state index contributed by atoms with van der Waals surface area (Å²) in [5.41, 5.74) is 3.95. The number of rotatable bonds is 4. The molecule has 2 N–H and O–H groups in total. The van der Waals surface area contributed by atoms with Crippen molar-refractivity contribution in [3.63, 3.8) is 0 Å². The smallest absolute Gasteiger partial charge is 0.254 e. The van der Waals surface area contributed by atoms with Gasteiger partial charge in [0.1, 0.15) is 17.3 Å². The lowest BCUT2D eigenvalue weighted by atomic mass is 9.99. The largest absolute Gasteiger partial charge is 0.338 e.